The molecule has 0 aromatic heterocycles. The molecule has 0 bridgehead atoms. The van der Waals surface area contributed by atoms with E-state index in [1.807, 2.05) is 24.3 Å². The Bertz CT molecular complexity index is 1020. The van der Waals surface area contributed by atoms with Gasteiger partial charge >= 0.3 is 0 Å². The van der Waals surface area contributed by atoms with Crippen molar-refractivity contribution in [2.75, 3.05) is 11.9 Å². The highest BCUT2D eigenvalue weighted by Crippen LogP contribution is 2.28. The Morgan fingerprint density at radius 2 is 1.80 bits per heavy atom. The van der Waals surface area contributed by atoms with Gasteiger partial charge in [0, 0.05) is 11.3 Å². The fourth-order valence-electron chi connectivity index (χ4n) is 3.26. The molecule has 2 aromatic rings. The first-order valence-corrected chi connectivity index (χ1v) is 10.0. The predicted molar refractivity (Wildman–Crippen MR) is 118 cm³/mol. The highest BCUT2D eigenvalue weighted by atomic mass is 35.5. The average molecular weight is 430 g/mol. The normalized spacial score (nSPS) is 15.9. The third kappa shape index (κ3) is 4.54. The number of nitrogens with zero attached hydrogens (tertiary/aromatic N) is 2. The molecule has 2 amide bonds. The van der Waals surface area contributed by atoms with Crippen molar-refractivity contribution in [1.29, 1.82) is 0 Å². The Hall–Kier alpha value is -2.73. The molecular formula is C23H25ClFN3O2. The van der Waals surface area contributed by atoms with Gasteiger partial charge in [-0.2, -0.15) is 0 Å². The smallest absolute Gasteiger partial charge is 0.275 e. The fraction of sp³-hybridized carbons (Fsp3) is 0.348. The number of nitrogens with one attached hydrogen (secondary N) is 1. The highest BCUT2D eigenvalue weighted by molar-refractivity contribution is 6.47. The first kappa shape index (κ1) is 22.0. The van der Waals surface area contributed by atoms with E-state index in [2.05, 4.69) is 31.1 Å². The number of carbonyl (C=O) groups excluding carboxylic acids is 2. The summed E-state index contributed by atoms with van der Waals surface area (Å²) in [6.07, 6.45) is 0. The maximum atomic E-state index is 13.3. The topological polar surface area (TPSA) is 61.8 Å². The Morgan fingerprint density at radius 1 is 1.17 bits per heavy atom. The molecule has 0 atom stereocenters. The van der Waals surface area contributed by atoms with Crippen molar-refractivity contribution in [1.82, 2.24) is 4.90 Å². The van der Waals surface area contributed by atoms with E-state index < -0.39 is 17.4 Å². The van der Waals surface area contributed by atoms with Gasteiger partial charge in [-0.3, -0.25) is 14.6 Å². The second-order valence-corrected chi connectivity index (χ2v) is 9.26. The molecule has 0 aliphatic carbocycles. The Morgan fingerprint density at radius 3 is 2.37 bits per heavy atom. The molecule has 0 spiro atoms. The third-order valence-corrected chi connectivity index (χ3v) is 5.31. The van der Waals surface area contributed by atoms with Crippen LogP contribution in [0.2, 0.25) is 5.02 Å². The molecule has 30 heavy (non-hydrogen) atoms. The van der Waals surface area contributed by atoms with Gasteiger partial charge in [-0.25, -0.2) is 4.39 Å². The monoisotopic (exact) mass is 429 g/mol. The predicted octanol–water partition coefficient (Wildman–Crippen LogP) is 4.78. The van der Waals surface area contributed by atoms with Crippen LogP contribution in [0.25, 0.3) is 0 Å². The standard InChI is InChI=1S/C23H25ClFN3O2/c1-22(2,3)15-8-6-14(7-9-15)20-21(30)28(23(4,5)27-20)13-19(29)26-16-10-11-18(25)17(24)12-16/h6-12H,13H2,1-5H3,(H,26,29). The molecule has 0 unspecified atom stereocenters. The van der Waals surface area contributed by atoms with E-state index in [-0.39, 0.29) is 22.9 Å². The summed E-state index contributed by atoms with van der Waals surface area (Å²) in [5.41, 5.74) is 1.70. The lowest BCUT2D eigenvalue weighted by Gasteiger charge is -2.28. The van der Waals surface area contributed by atoms with Crippen LogP contribution in [0.1, 0.15) is 45.7 Å². The van der Waals surface area contributed by atoms with Gasteiger partial charge in [0.1, 0.15) is 23.7 Å². The van der Waals surface area contributed by atoms with Gasteiger partial charge in [-0.05, 0) is 43.0 Å². The minimum absolute atomic E-state index is 0.00662. The maximum absolute atomic E-state index is 13.3. The zero-order chi connectivity index (χ0) is 22.3. The number of rotatable bonds is 4. The van der Waals surface area contributed by atoms with Crippen LogP contribution in [-0.2, 0) is 15.0 Å². The highest BCUT2D eigenvalue weighted by Gasteiger charge is 2.41. The summed E-state index contributed by atoms with van der Waals surface area (Å²) < 4.78 is 13.3. The number of hydrogen-bond acceptors (Lipinski definition) is 3. The maximum Gasteiger partial charge on any atom is 0.275 e. The van der Waals surface area contributed by atoms with Gasteiger partial charge in [0.25, 0.3) is 5.91 Å². The molecule has 1 heterocycles. The third-order valence-electron chi connectivity index (χ3n) is 5.02. The second kappa shape index (κ2) is 7.84. The van der Waals surface area contributed by atoms with Gasteiger partial charge in [-0.15, -0.1) is 0 Å². The van der Waals surface area contributed by atoms with Crippen LogP contribution in [0, 0.1) is 5.82 Å². The number of amides is 2. The van der Waals surface area contributed by atoms with Crippen LogP contribution in [0.4, 0.5) is 10.1 Å². The molecule has 0 saturated carbocycles. The van der Waals surface area contributed by atoms with E-state index in [1.54, 1.807) is 13.8 Å². The lowest BCUT2D eigenvalue weighted by molar-refractivity contribution is -0.131. The van der Waals surface area contributed by atoms with E-state index in [1.165, 1.54) is 23.1 Å². The summed E-state index contributed by atoms with van der Waals surface area (Å²) in [5.74, 6) is -1.30. The lowest BCUT2D eigenvalue weighted by Crippen LogP contribution is -2.46. The molecular weight excluding hydrogens is 405 g/mol. The summed E-state index contributed by atoms with van der Waals surface area (Å²) in [6, 6.07) is 11.7. The van der Waals surface area contributed by atoms with Crippen LogP contribution in [0.15, 0.2) is 47.5 Å². The fourth-order valence-corrected chi connectivity index (χ4v) is 3.44. The van der Waals surface area contributed by atoms with E-state index in [4.69, 9.17) is 11.6 Å². The molecule has 3 rings (SSSR count). The molecule has 0 saturated heterocycles. The first-order chi connectivity index (χ1) is 13.9. The molecule has 1 N–H and O–H groups in total. The molecule has 1 aliphatic heterocycles. The zero-order valence-electron chi connectivity index (χ0n) is 17.7. The largest absolute Gasteiger partial charge is 0.324 e. The van der Waals surface area contributed by atoms with Crippen LogP contribution in [-0.4, -0.2) is 34.6 Å². The summed E-state index contributed by atoms with van der Waals surface area (Å²) in [4.78, 5) is 31.5. The molecule has 158 valence electrons. The molecule has 0 fully saturated rings. The molecule has 2 aromatic carbocycles. The number of aliphatic imine (C=N–C) groups is 1. The van der Waals surface area contributed by atoms with Crippen molar-refractivity contribution >= 4 is 34.8 Å². The Labute approximate surface area is 180 Å². The minimum atomic E-state index is -0.868. The van der Waals surface area contributed by atoms with Crippen LogP contribution in [0.5, 0.6) is 0 Å². The summed E-state index contributed by atoms with van der Waals surface area (Å²) in [7, 11) is 0. The minimum Gasteiger partial charge on any atom is -0.324 e. The van der Waals surface area contributed by atoms with Gasteiger partial charge < -0.3 is 10.2 Å². The number of halogens is 2. The van der Waals surface area contributed by atoms with E-state index in [0.29, 0.717) is 17.0 Å². The van der Waals surface area contributed by atoms with Crippen molar-refractivity contribution in [2.24, 2.45) is 4.99 Å². The quantitative estimate of drug-likeness (QED) is 0.760. The SMILES string of the molecule is CC(C)(C)c1ccc(C2=NC(C)(C)N(CC(=O)Nc3ccc(F)c(Cl)c3)C2=O)cc1. The van der Waals surface area contributed by atoms with E-state index >= 15 is 0 Å². The molecule has 0 radical (unpaired) electrons. The summed E-state index contributed by atoms with van der Waals surface area (Å²) in [5, 5.41) is 2.55. The van der Waals surface area contributed by atoms with Crippen molar-refractivity contribution in [2.45, 2.75) is 45.7 Å². The number of carbonyl (C=O) groups is 2. The van der Waals surface area contributed by atoms with Crippen LogP contribution < -0.4 is 5.32 Å². The summed E-state index contributed by atoms with van der Waals surface area (Å²) >= 11 is 5.75. The van der Waals surface area contributed by atoms with Crippen molar-refractivity contribution in [3.8, 4) is 0 Å². The van der Waals surface area contributed by atoms with Crippen molar-refractivity contribution in [3.05, 3.63) is 64.4 Å². The number of hydrogen-bond donors (Lipinski definition) is 1. The average Bonchev–Trinajstić information content (AvgIpc) is 2.87. The lowest BCUT2D eigenvalue weighted by atomic mass is 9.86. The van der Waals surface area contributed by atoms with Gasteiger partial charge in [-0.1, -0.05) is 56.6 Å². The Kier molecular flexibility index (Phi) is 5.74. The first-order valence-electron chi connectivity index (χ1n) is 9.66. The van der Waals surface area contributed by atoms with E-state index in [9.17, 15) is 14.0 Å². The van der Waals surface area contributed by atoms with Crippen molar-refractivity contribution < 1.29 is 14.0 Å². The van der Waals surface area contributed by atoms with Gasteiger partial charge in [0.2, 0.25) is 5.91 Å². The van der Waals surface area contributed by atoms with Crippen LogP contribution >= 0.6 is 11.6 Å². The van der Waals surface area contributed by atoms with Gasteiger partial charge in [0.15, 0.2) is 0 Å². The molecule has 5 nitrogen and oxygen atoms in total. The van der Waals surface area contributed by atoms with Crippen molar-refractivity contribution in [3.63, 3.8) is 0 Å². The zero-order valence-corrected chi connectivity index (χ0v) is 18.5. The van der Waals surface area contributed by atoms with Gasteiger partial charge in [0.05, 0.1) is 5.02 Å². The summed E-state index contributed by atoms with van der Waals surface area (Å²) in [6.45, 7) is 9.74. The van der Waals surface area contributed by atoms with E-state index in [0.717, 1.165) is 5.56 Å². The Balaban J connectivity index is 1.75. The molecule has 7 heteroatoms. The molecule has 1 aliphatic rings. The number of anilines is 1. The number of benzene rings is 2. The van der Waals surface area contributed by atoms with Crippen LogP contribution in [0.3, 0.4) is 0 Å². The second-order valence-electron chi connectivity index (χ2n) is 8.85.